The van der Waals surface area contributed by atoms with Gasteiger partial charge < -0.3 is 4.90 Å². The van der Waals surface area contributed by atoms with Crippen LogP contribution in [0.5, 0.6) is 0 Å². The molecule has 232 valence electrons. The van der Waals surface area contributed by atoms with Gasteiger partial charge in [-0.3, -0.25) is 0 Å². The van der Waals surface area contributed by atoms with E-state index in [-0.39, 0.29) is 10.8 Å². The van der Waals surface area contributed by atoms with Crippen LogP contribution in [0.2, 0.25) is 0 Å². The predicted molar refractivity (Wildman–Crippen MR) is 200 cm³/mol. The highest BCUT2D eigenvalue weighted by Crippen LogP contribution is 2.64. The highest BCUT2D eigenvalue weighted by atomic mass is 15.1. The normalized spacial score (nSPS) is 14.9. The van der Waals surface area contributed by atoms with Crippen LogP contribution >= 0.6 is 0 Å². The number of benzene rings is 5. The first-order valence-electron chi connectivity index (χ1n) is 16.9. The average molecular weight is 594 g/mol. The van der Waals surface area contributed by atoms with Crippen molar-refractivity contribution in [3.05, 3.63) is 136 Å². The quantitative estimate of drug-likeness (QED) is 0.201. The maximum atomic E-state index is 2.52. The summed E-state index contributed by atoms with van der Waals surface area (Å²) < 4.78 is 0. The Morgan fingerprint density at radius 2 is 0.956 bits per heavy atom. The number of hydrogen-bond donors (Lipinski definition) is 0. The number of rotatable bonds is 3. The van der Waals surface area contributed by atoms with Crippen LogP contribution in [0.3, 0.4) is 0 Å². The summed E-state index contributed by atoms with van der Waals surface area (Å²) >= 11 is 0. The molecule has 0 heterocycles. The molecule has 0 saturated heterocycles. The molecule has 45 heavy (non-hydrogen) atoms. The number of hydrogen-bond acceptors (Lipinski definition) is 1. The first-order chi connectivity index (χ1) is 21.5. The molecule has 0 aromatic heterocycles. The van der Waals surface area contributed by atoms with Crippen LogP contribution in [0.1, 0.15) is 99.9 Å². The lowest BCUT2D eigenvalue weighted by Crippen LogP contribution is -2.21. The van der Waals surface area contributed by atoms with Crippen LogP contribution in [-0.2, 0) is 10.8 Å². The minimum atomic E-state index is -0.121. The molecular formula is C44H51N. The Bertz CT molecular complexity index is 1880. The molecule has 0 saturated carbocycles. The van der Waals surface area contributed by atoms with Gasteiger partial charge in [-0.15, -0.1) is 0 Å². The molecule has 5 aromatic rings. The van der Waals surface area contributed by atoms with Gasteiger partial charge in [-0.2, -0.15) is 0 Å². The molecule has 0 spiro atoms. The highest BCUT2D eigenvalue weighted by molar-refractivity contribution is 6.17. The summed E-state index contributed by atoms with van der Waals surface area (Å²) in [5.41, 5.74) is 17.4. The summed E-state index contributed by atoms with van der Waals surface area (Å²) in [5.74, 6) is 0. The molecular weight excluding hydrogens is 542 g/mol. The molecule has 2 aliphatic rings. The second-order valence-corrected chi connectivity index (χ2v) is 13.3. The monoisotopic (exact) mass is 593 g/mol. The van der Waals surface area contributed by atoms with Crippen LogP contribution < -0.4 is 4.90 Å². The largest absolute Gasteiger partial charge is 0.309 e. The first kappa shape index (κ1) is 32.3. The minimum Gasteiger partial charge on any atom is -0.309 e. The Morgan fingerprint density at radius 3 is 1.51 bits per heavy atom. The zero-order valence-corrected chi connectivity index (χ0v) is 29.6. The SMILES string of the molecule is CC.CC.Cc1ccc(N(c2ccc(C)cc2C)c2cc3c(c4ccccc24)C2=C(c4ccccc4C2(C)C)C3(C)C)c(C)c1. The molecule has 0 N–H and O–H groups in total. The third-order valence-electron chi connectivity index (χ3n) is 9.74. The molecule has 1 heteroatoms. The Hall–Kier alpha value is -4.10. The van der Waals surface area contributed by atoms with E-state index in [9.17, 15) is 0 Å². The van der Waals surface area contributed by atoms with Gasteiger partial charge in [0.15, 0.2) is 0 Å². The van der Waals surface area contributed by atoms with E-state index in [1.165, 1.54) is 83.5 Å². The van der Waals surface area contributed by atoms with Gasteiger partial charge in [-0.1, -0.05) is 139 Å². The molecule has 0 unspecified atom stereocenters. The van der Waals surface area contributed by atoms with Crippen LogP contribution in [-0.4, -0.2) is 0 Å². The second kappa shape index (κ2) is 12.0. The number of aryl methyl sites for hydroxylation is 4. The van der Waals surface area contributed by atoms with E-state index >= 15 is 0 Å². The maximum absolute atomic E-state index is 2.52. The van der Waals surface area contributed by atoms with Gasteiger partial charge >= 0.3 is 0 Å². The zero-order chi connectivity index (χ0) is 32.8. The van der Waals surface area contributed by atoms with Gasteiger partial charge in [-0.05, 0) is 95.8 Å². The third kappa shape index (κ3) is 4.92. The Labute approximate surface area is 272 Å². The molecule has 2 aliphatic carbocycles. The predicted octanol–water partition coefficient (Wildman–Crippen LogP) is 13.1. The highest BCUT2D eigenvalue weighted by Gasteiger charge is 2.50. The van der Waals surface area contributed by atoms with E-state index in [1.54, 1.807) is 0 Å². The standard InChI is InChI=1S/C40H39N.2C2H6/c1-24-17-19-33(26(3)21-24)41(34-20-18-25(2)22-27(34)4)35-23-32-36(29-14-10-9-13-28(29)35)38-37(40(32,7)8)30-15-11-12-16-31(30)39(38,5)6;2*1-2/h9-23H,1-8H3;2*1-2H3. The van der Waals surface area contributed by atoms with Crippen molar-refractivity contribution >= 4 is 39.0 Å². The van der Waals surface area contributed by atoms with Crippen molar-refractivity contribution in [2.45, 2.75) is 93.9 Å². The topological polar surface area (TPSA) is 3.24 Å². The number of nitrogens with zero attached hydrogens (tertiary/aromatic N) is 1. The van der Waals surface area contributed by atoms with E-state index in [2.05, 4.69) is 151 Å². The summed E-state index contributed by atoms with van der Waals surface area (Å²) in [7, 11) is 0. The lowest BCUT2D eigenvalue weighted by molar-refractivity contribution is 0.696. The molecule has 0 amide bonds. The molecule has 1 nitrogen and oxygen atoms in total. The summed E-state index contributed by atoms with van der Waals surface area (Å²) in [6.45, 7) is 26.5. The van der Waals surface area contributed by atoms with Crippen LogP contribution in [0.15, 0.2) is 91.0 Å². The van der Waals surface area contributed by atoms with Crippen LogP contribution in [0.25, 0.3) is 21.9 Å². The molecule has 0 atom stereocenters. The van der Waals surface area contributed by atoms with E-state index < -0.39 is 0 Å². The summed E-state index contributed by atoms with van der Waals surface area (Å²) in [6, 6.07) is 34.4. The summed E-state index contributed by atoms with van der Waals surface area (Å²) in [6.07, 6.45) is 0. The molecule has 0 fully saturated rings. The lowest BCUT2D eigenvalue weighted by atomic mass is 9.74. The van der Waals surface area contributed by atoms with Gasteiger partial charge in [0.05, 0.1) is 5.69 Å². The minimum absolute atomic E-state index is 0.0560. The molecule has 0 radical (unpaired) electrons. The number of fused-ring (bicyclic) bond motifs is 6. The fraction of sp³-hybridized carbons (Fsp3) is 0.318. The van der Waals surface area contributed by atoms with Crippen molar-refractivity contribution in [1.82, 2.24) is 0 Å². The van der Waals surface area contributed by atoms with Crippen LogP contribution in [0, 0.1) is 27.7 Å². The zero-order valence-electron chi connectivity index (χ0n) is 29.6. The Balaban J connectivity index is 0.000000963. The van der Waals surface area contributed by atoms with Gasteiger partial charge in [0.25, 0.3) is 0 Å². The summed E-state index contributed by atoms with van der Waals surface area (Å²) in [4.78, 5) is 2.52. The fourth-order valence-corrected chi connectivity index (χ4v) is 7.85. The smallest absolute Gasteiger partial charge is 0.0543 e. The van der Waals surface area contributed by atoms with Gasteiger partial charge in [0, 0.05) is 27.6 Å². The van der Waals surface area contributed by atoms with E-state index in [4.69, 9.17) is 0 Å². The molecule has 0 bridgehead atoms. The van der Waals surface area contributed by atoms with Crippen molar-refractivity contribution in [1.29, 1.82) is 0 Å². The number of allylic oxidation sites excluding steroid dienone is 2. The lowest BCUT2D eigenvalue weighted by Gasteiger charge is -2.33. The molecule has 5 aromatic carbocycles. The van der Waals surface area contributed by atoms with Crippen molar-refractivity contribution in [3.8, 4) is 0 Å². The Morgan fingerprint density at radius 1 is 0.467 bits per heavy atom. The van der Waals surface area contributed by atoms with E-state index in [0.29, 0.717) is 0 Å². The van der Waals surface area contributed by atoms with Crippen molar-refractivity contribution in [2.24, 2.45) is 0 Å². The molecule has 0 aliphatic heterocycles. The third-order valence-corrected chi connectivity index (χ3v) is 9.74. The number of anilines is 3. The second-order valence-electron chi connectivity index (χ2n) is 13.3. The summed E-state index contributed by atoms with van der Waals surface area (Å²) in [5, 5.41) is 2.64. The van der Waals surface area contributed by atoms with Gasteiger partial charge in [0.2, 0.25) is 0 Å². The Kier molecular flexibility index (Phi) is 8.62. The van der Waals surface area contributed by atoms with Crippen molar-refractivity contribution in [2.75, 3.05) is 4.90 Å². The van der Waals surface area contributed by atoms with Crippen LogP contribution in [0.4, 0.5) is 17.1 Å². The van der Waals surface area contributed by atoms with Gasteiger partial charge in [-0.25, -0.2) is 0 Å². The fourth-order valence-electron chi connectivity index (χ4n) is 7.85. The molecule has 7 rings (SSSR count). The van der Waals surface area contributed by atoms with Gasteiger partial charge in [0.1, 0.15) is 0 Å². The first-order valence-corrected chi connectivity index (χ1v) is 16.9. The van der Waals surface area contributed by atoms with Crippen molar-refractivity contribution in [3.63, 3.8) is 0 Å². The van der Waals surface area contributed by atoms with E-state index in [0.717, 1.165) is 0 Å². The van der Waals surface area contributed by atoms with Crippen molar-refractivity contribution < 1.29 is 0 Å². The van der Waals surface area contributed by atoms with E-state index in [1.807, 2.05) is 27.7 Å². The average Bonchev–Trinajstić information content (AvgIpc) is 3.42. The maximum Gasteiger partial charge on any atom is 0.0543 e.